The highest BCUT2D eigenvalue weighted by Crippen LogP contribution is 2.36. The predicted octanol–water partition coefficient (Wildman–Crippen LogP) is 6.10. The molecule has 0 saturated heterocycles. The van der Waals surface area contributed by atoms with Crippen LogP contribution >= 0.6 is 0 Å². The molecule has 106 valence electrons. The minimum absolute atomic E-state index is 0.948. The van der Waals surface area contributed by atoms with E-state index >= 15 is 0 Å². The van der Waals surface area contributed by atoms with E-state index in [2.05, 4.69) is 48.5 Å². The van der Waals surface area contributed by atoms with Gasteiger partial charge in [0, 0.05) is 10.8 Å². The Kier molecular flexibility index (Phi) is 2.11. The molecule has 0 aliphatic carbocycles. The molecule has 0 amide bonds. The van der Waals surface area contributed by atoms with E-state index in [4.69, 9.17) is 8.83 Å². The molecule has 2 nitrogen and oxygen atoms in total. The van der Waals surface area contributed by atoms with E-state index in [0.717, 1.165) is 22.7 Å². The Morgan fingerprint density at radius 1 is 0.500 bits per heavy atom. The zero-order valence-corrected chi connectivity index (χ0v) is 12.4. The first-order chi connectivity index (χ1) is 10.7. The smallest absolute Gasteiger partial charge is 0.134 e. The minimum Gasteiger partial charge on any atom is -0.461 e. The van der Waals surface area contributed by atoms with E-state index in [9.17, 15) is 0 Å². The van der Waals surface area contributed by atoms with E-state index in [1.54, 1.807) is 0 Å². The Labute approximate surface area is 126 Å². The average molecular weight is 286 g/mol. The molecule has 0 unspecified atom stereocenters. The van der Waals surface area contributed by atoms with Gasteiger partial charge in [-0.15, -0.1) is 0 Å². The SMILES string of the molecule is Cc1cc2c(ccc3c2ccc2c4cc(C)oc4ccc23)o1. The van der Waals surface area contributed by atoms with Crippen LogP contribution in [-0.2, 0) is 0 Å². The third kappa shape index (κ3) is 1.44. The summed E-state index contributed by atoms with van der Waals surface area (Å²) in [6.07, 6.45) is 0. The lowest BCUT2D eigenvalue weighted by Gasteiger charge is -2.05. The first-order valence-corrected chi connectivity index (χ1v) is 7.45. The quantitative estimate of drug-likeness (QED) is 0.321. The van der Waals surface area contributed by atoms with Crippen LogP contribution in [0.25, 0.3) is 43.5 Å². The van der Waals surface area contributed by atoms with Gasteiger partial charge in [-0.05, 0) is 59.7 Å². The molecule has 0 N–H and O–H groups in total. The van der Waals surface area contributed by atoms with Crippen LogP contribution in [0.1, 0.15) is 11.5 Å². The van der Waals surface area contributed by atoms with Gasteiger partial charge in [0.15, 0.2) is 0 Å². The van der Waals surface area contributed by atoms with Crippen LogP contribution in [0.2, 0.25) is 0 Å². The molecular formula is C20H14O2. The van der Waals surface area contributed by atoms with E-state index in [-0.39, 0.29) is 0 Å². The summed E-state index contributed by atoms with van der Waals surface area (Å²) in [5, 5.41) is 7.35. The van der Waals surface area contributed by atoms with Crippen molar-refractivity contribution in [3.63, 3.8) is 0 Å². The highest BCUT2D eigenvalue weighted by molar-refractivity contribution is 6.21. The number of rotatable bonds is 0. The van der Waals surface area contributed by atoms with Crippen molar-refractivity contribution < 1.29 is 8.83 Å². The fraction of sp³-hybridized carbons (Fsp3) is 0.100. The monoisotopic (exact) mass is 286 g/mol. The predicted molar refractivity (Wildman–Crippen MR) is 90.5 cm³/mol. The van der Waals surface area contributed by atoms with Crippen LogP contribution in [0.3, 0.4) is 0 Å². The lowest BCUT2D eigenvalue weighted by Crippen LogP contribution is -1.79. The van der Waals surface area contributed by atoms with Crippen molar-refractivity contribution in [1.29, 1.82) is 0 Å². The summed E-state index contributed by atoms with van der Waals surface area (Å²) in [4.78, 5) is 0. The summed E-state index contributed by atoms with van der Waals surface area (Å²) in [7, 11) is 0. The van der Waals surface area contributed by atoms with Crippen LogP contribution < -0.4 is 0 Å². The molecule has 0 atom stereocenters. The molecule has 0 fully saturated rings. The second-order valence-electron chi connectivity index (χ2n) is 5.92. The molecule has 5 rings (SSSR count). The number of hydrogen-bond donors (Lipinski definition) is 0. The van der Waals surface area contributed by atoms with Crippen molar-refractivity contribution in [1.82, 2.24) is 0 Å². The largest absolute Gasteiger partial charge is 0.461 e. The van der Waals surface area contributed by atoms with Gasteiger partial charge in [-0.1, -0.05) is 24.3 Å². The lowest BCUT2D eigenvalue weighted by molar-refractivity contribution is 0.578. The highest BCUT2D eigenvalue weighted by Gasteiger charge is 2.11. The van der Waals surface area contributed by atoms with Gasteiger partial charge >= 0.3 is 0 Å². The average Bonchev–Trinajstić information content (AvgIpc) is 3.07. The fourth-order valence-electron chi connectivity index (χ4n) is 3.52. The van der Waals surface area contributed by atoms with Crippen molar-refractivity contribution in [2.24, 2.45) is 0 Å². The third-order valence-electron chi connectivity index (χ3n) is 4.44. The van der Waals surface area contributed by atoms with Gasteiger partial charge in [-0.25, -0.2) is 0 Å². The lowest BCUT2D eigenvalue weighted by atomic mass is 9.98. The molecule has 0 radical (unpaired) electrons. The van der Waals surface area contributed by atoms with Gasteiger partial charge in [0.2, 0.25) is 0 Å². The summed E-state index contributed by atoms with van der Waals surface area (Å²) in [5.74, 6) is 1.90. The number of aryl methyl sites for hydroxylation is 2. The van der Waals surface area contributed by atoms with Crippen LogP contribution in [0, 0.1) is 13.8 Å². The molecule has 0 aliphatic rings. The molecule has 22 heavy (non-hydrogen) atoms. The van der Waals surface area contributed by atoms with Crippen LogP contribution in [0.5, 0.6) is 0 Å². The molecule has 5 aromatic rings. The topological polar surface area (TPSA) is 26.3 Å². The molecule has 0 spiro atoms. The Hall–Kier alpha value is -2.74. The summed E-state index contributed by atoms with van der Waals surface area (Å²) in [6, 6.07) is 17.1. The van der Waals surface area contributed by atoms with Gasteiger partial charge in [0.05, 0.1) is 0 Å². The number of fused-ring (bicyclic) bond motifs is 7. The van der Waals surface area contributed by atoms with E-state index in [1.807, 2.05) is 13.8 Å². The summed E-state index contributed by atoms with van der Waals surface area (Å²) in [6.45, 7) is 3.98. The highest BCUT2D eigenvalue weighted by atomic mass is 16.3. The third-order valence-corrected chi connectivity index (χ3v) is 4.44. The Morgan fingerprint density at radius 2 is 0.864 bits per heavy atom. The van der Waals surface area contributed by atoms with E-state index in [0.29, 0.717) is 0 Å². The van der Waals surface area contributed by atoms with Crippen LogP contribution in [-0.4, -0.2) is 0 Å². The van der Waals surface area contributed by atoms with Crippen molar-refractivity contribution >= 4 is 43.5 Å². The normalized spacial score (nSPS) is 12.1. The zero-order chi connectivity index (χ0) is 14.8. The molecule has 2 heterocycles. The molecule has 2 aromatic heterocycles. The molecule has 0 saturated carbocycles. The van der Waals surface area contributed by atoms with Crippen LogP contribution in [0.15, 0.2) is 57.4 Å². The Morgan fingerprint density at radius 3 is 1.32 bits per heavy atom. The Balaban J connectivity index is 2.03. The van der Waals surface area contributed by atoms with Gasteiger partial charge < -0.3 is 8.83 Å². The molecule has 3 aromatic carbocycles. The maximum atomic E-state index is 5.75. The van der Waals surface area contributed by atoms with E-state index < -0.39 is 0 Å². The van der Waals surface area contributed by atoms with Crippen molar-refractivity contribution in [2.75, 3.05) is 0 Å². The molecule has 0 aliphatic heterocycles. The van der Waals surface area contributed by atoms with Crippen LogP contribution in [0.4, 0.5) is 0 Å². The van der Waals surface area contributed by atoms with Crippen molar-refractivity contribution in [3.8, 4) is 0 Å². The number of furan rings is 2. The second kappa shape index (κ2) is 3.92. The van der Waals surface area contributed by atoms with E-state index in [1.165, 1.54) is 32.3 Å². The zero-order valence-electron chi connectivity index (χ0n) is 12.4. The molecule has 0 bridgehead atoms. The summed E-state index contributed by atoms with van der Waals surface area (Å²) < 4.78 is 11.5. The van der Waals surface area contributed by atoms with Crippen molar-refractivity contribution in [3.05, 3.63) is 60.1 Å². The number of hydrogen-bond acceptors (Lipinski definition) is 2. The van der Waals surface area contributed by atoms with Gasteiger partial charge in [-0.2, -0.15) is 0 Å². The van der Waals surface area contributed by atoms with Gasteiger partial charge in [-0.3, -0.25) is 0 Å². The number of benzene rings is 3. The first kappa shape index (κ1) is 11.9. The maximum absolute atomic E-state index is 5.75. The summed E-state index contributed by atoms with van der Waals surface area (Å²) >= 11 is 0. The first-order valence-electron chi connectivity index (χ1n) is 7.45. The second-order valence-corrected chi connectivity index (χ2v) is 5.92. The standard InChI is InChI=1S/C20H14O2/c1-11-9-17-15-3-4-16-14(13(15)5-7-19(17)21-11)6-8-20-18(16)10-12(2)22-20/h3-10H,1-2H3. The van der Waals surface area contributed by atoms with Gasteiger partial charge in [0.25, 0.3) is 0 Å². The van der Waals surface area contributed by atoms with Gasteiger partial charge in [0.1, 0.15) is 22.7 Å². The maximum Gasteiger partial charge on any atom is 0.134 e. The molecular weight excluding hydrogens is 272 g/mol. The minimum atomic E-state index is 0.948. The Bertz CT molecular complexity index is 1090. The fourth-order valence-corrected chi connectivity index (χ4v) is 3.52. The van der Waals surface area contributed by atoms with Crippen molar-refractivity contribution in [2.45, 2.75) is 13.8 Å². The molecule has 2 heteroatoms. The summed E-state index contributed by atoms with van der Waals surface area (Å²) in [5.41, 5.74) is 1.90.